The fraction of sp³-hybridized carbons (Fsp3) is 0.250. The first kappa shape index (κ1) is 14.5. The second-order valence-electron chi connectivity index (χ2n) is 5.14. The van der Waals surface area contributed by atoms with Crippen LogP contribution in [0.5, 0.6) is 0 Å². The number of nitrogen functional groups attached to an aromatic ring is 1. The van der Waals surface area contributed by atoms with Gasteiger partial charge in [0.15, 0.2) is 6.23 Å². The first-order valence-electron chi connectivity index (χ1n) is 7.03. The topological polar surface area (TPSA) is 90.4 Å². The Hall–Kier alpha value is -2.44. The molecule has 0 saturated carbocycles. The quantitative estimate of drug-likeness (QED) is 0.818. The molecule has 2 heterocycles. The van der Waals surface area contributed by atoms with E-state index >= 15 is 0 Å². The van der Waals surface area contributed by atoms with Crippen LogP contribution < -0.4 is 11.4 Å². The van der Waals surface area contributed by atoms with E-state index in [0.717, 1.165) is 11.1 Å². The Morgan fingerprint density at radius 1 is 1.27 bits per heavy atom. The van der Waals surface area contributed by atoms with Gasteiger partial charge in [-0.2, -0.15) is 4.98 Å². The van der Waals surface area contributed by atoms with Gasteiger partial charge in [0.25, 0.3) is 0 Å². The van der Waals surface area contributed by atoms with E-state index in [2.05, 4.69) is 4.98 Å². The molecule has 3 N–H and O–H groups in total. The van der Waals surface area contributed by atoms with Crippen molar-refractivity contribution in [3.05, 3.63) is 70.3 Å². The zero-order valence-electron chi connectivity index (χ0n) is 11.9. The molecule has 1 aromatic heterocycles. The van der Waals surface area contributed by atoms with Crippen LogP contribution in [0.1, 0.15) is 11.8 Å². The normalized spacial score (nSPS) is 20.9. The van der Waals surface area contributed by atoms with Crippen molar-refractivity contribution in [2.45, 2.75) is 18.8 Å². The van der Waals surface area contributed by atoms with Crippen molar-refractivity contribution in [1.29, 1.82) is 0 Å². The summed E-state index contributed by atoms with van der Waals surface area (Å²) in [5.74, 6) is 0.173. The monoisotopic (exact) mass is 299 g/mol. The molecule has 114 valence electrons. The van der Waals surface area contributed by atoms with Crippen LogP contribution in [-0.2, 0) is 11.2 Å². The average molecular weight is 299 g/mol. The largest absolute Gasteiger partial charge is 0.393 e. The maximum absolute atomic E-state index is 11.9. The summed E-state index contributed by atoms with van der Waals surface area (Å²) in [5, 5.41) is 9.50. The van der Waals surface area contributed by atoms with E-state index in [9.17, 15) is 9.90 Å². The van der Waals surface area contributed by atoms with Crippen molar-refractivity contribution >= 4 is 5.82 Å². The number of hydrogen-bond acceptors (Lipinski definition) is 5. The lowest BCUT2D eigenvalue weighted by molar-refractivity contribution is -0.0143. The van der Waals surface area contributed by atoms with Gasteiger partial charge in [0.1, 0.15) is 11.9 Å². The number of hydrogen-bond donors (Lipinski definition) is 2. The summed E-state index contributed by atoms with van der Waals surface area (Å²) in [6.07, 6.45) is 3.07. The van der Waals surface area contributed by atoms with Crippen molar-refractivity contribution in [3.63, 3.8) is 0 Å². The fourth-order valence-electron chi connectivity index (χ4n) is 2.52. The molecular formula is C16H17N3O3. The summed E-state index contributed by atoms with van der Waals surface area (Å²) in [7, 11) is 0. The van der Waals surface area contributed by atoms with Gasteiger partial charge < -0.3 is 15.6 Å². The molecule has 1 aromatic carbocycles. The molecule has 2 aromatic rings. The molecule has 0 bridgehead atoms. The predicted molar refractivity (Wildman–Crippen MR) is 82.1 cm³/mol. The van der Waals surface area contributed by atoms with Gasteiger partial charge in [0.05, 0.1) is 6.61 Å². The van der Waals surface area contributed by atoms with Gasteiger partial charge in [0, 0.05) is 6.20 Å². The zero-order valence-corrected chi connectivity index (χ0v) is 11.9. The van der Waals surface area contributed by atoms with Gasteiger partial charge in [-0.1, -0.05) is 30.3 Å². The van der Waals surface area contributed by atoms with E-state index in [-0.39, 0.29) is 12.4 Å². The van der Waals surface area contributed by atoms with Crippen molar-refractivity contribution in [3.8, 4) is 0 Å². The Morgan fingerprint density at radius 3 is 2.73 bits per heavy atom. The lowest BCUT2D eigenvalue weighted by atomic mass is 10.0. The van der Waals surface area contributed by atoms with Crippen LogP contribution in [-0.4, -0.2) is 27.4 Å². The number of anilines is 1. The molecule has 0 unspecified atom stereocenters. The number of aromatic nitrogens is 2. The standard InChI is InChI=1S/C16H17N3O3/c17-14-6-7-19(16(21)18-14)15-9-12(13(10-20)22-15)8-11-4-2-1-3-5-11/h1-7,9,13,15,20H,8,10H2,(H2,17,18,21)/t13-,15-/m1/s1. The Bertz CT molecular complexity index is 740. The van der Waals surface area contributed by atoms with E-state index in [1.807, 2.05) is 36.4 Å². The van der Waals surface area contributed by atoms with Crippen LogP contribution in [0.4, 0.5) is 5.82 Å². The first-order valence-corrected chi connectivity index (χ1v) is 7.03. The van der Waals surface area contributed by atoms with Crippen LogP contribution in [0.2, 0.25) is 0 Å². The summed E-state index contributed by atoms with van der Waals surface area (Å²) >= 11 is 0. The molecule has 6 heteroatoms. The molecule has 0 spiro atoms. The van der Waals surface area contributed by atoms with Crippen LogP contribution in [0.15, 0.2) is 59.0 Å². The summed E-state index contributed by atoms with van der Waals surface area (Å²) in [4.78, 5) is 15.6. The van der Waals surface area contributed by atoms with Crippen LogP contribution in [0.3, 0.4) is 0 Å². The van der Waals surface area contributed by atoms with E-state index < -0.39 is 18.0 Å². The average Bonchev–Trinajstić information content (AvgIpc) is 2.91. The molecule has 2 atom stereocenters. The van der Waals surface area contributed by atoms with E-state index in [4.69, 9.17) is 10.5 Å². The van der Waals surface area contributed by atoms with Gasteiger partial charge in [-0.15, -0.1) is 0 Å². The van der Waals surface area contributed by atoms with Gasteiger partial charge in [-0.05, 0) is 29.7 Å². The summed E-state index contributed by atoms with van der Waals surface area (Å²) < 4.78 is 7.10. The first-order chi connectivity index (χ1) is 10.7. The number of benzene rings is 1. The van der Waals surface area contributed by atoms with E-state index in [1.54, 1.807) is 12.3 Å². The minimum Gasteiger partial charge on any atom is -0.393 e. The summed E-state index contributed by atoms with van der Waals surface area (Å²) in [6, 6.07) is 11.5. The maximum atomic E-state index is 11.9. The van der Waals surface area contributed by atoms with Gasteiger partial charge in [-0.3, -0.25) is 4.57 Å². The molecule has 0 aliphatic carbocycles. The lowest BCUT2D eigenvalue weighted by Crippen LogP contribution is -2.28. The second kappa shape index (κ2) is 6.13. The van der Waals surface area contributed by atoms with Crippen molar-refractivity contribution in [2.24, 2.45) is 0 Å². The molecule has 1 aliphatic heterocycles. The Labute approximate surface area is 127 Å². The van der Waals surface area contributed by atoms with Crippen LogP contribution >= 0.6 is 0 Å². The van der Waals surface area contributed by atoms with Crippen LogP contribution in [0.25, 0.3) is 0 Å². The number of ether oxygens (including phenoxy) is 1. The van der Waals surface area contributed by atoms with Crippen molar-refractivity contribution < 1.29 is 9.84 Å². The molecule has 0 saturated heterocycles. The van der Waals surface area contributed by atoms with Crippen LogP contribution in [0, 0.1) is 0 Å². The number of aliphatic hydroxyl groups excluding tert-OH is 1. The molecule has 0 radical (unpaired) electrons. The zero-order chi connectivity index (χ0) is 15.5. The number of rotatable bonds is 4. The highest BCUT2D eigenvalue weighted by Gasteiger charge is 2.28. The molecular weight excluding hydrogens is 282 g/mol. The van der Waals surface area contributed by atoms with E-state index in [0.29, 0.717) is 6.42 Å². The van der Waals surface area contributed by atoms with Crippen molar-refractivity contribution in [1.82, 2.24) is 9.55 Å². The number of nitrogens with two attached hydrogens (primary N) is 1. The third-order valence-corrected chi connectivity index (χ3v) is 3.62. The van der Waals surface area contributed by atoms with Gasteiger partial charge in [0.2, 0.25) is 0 Å². The number of aliphatic hydroxyl groups is 1. The minimum atomic E-state index is -0.573. The Balaban J connectivity index is 1.87. The summed E-state index contributed by atoms with van der Waals surface area (Å²) in [6.45, 7) is -0.133. The summed E-state index contributed by atoms with van der Waals surface area (Å²) in [5.41, 5.74) is 7.09. The second-order valence-corrected chi connectivity index (χ2v) is 5.14. The highest BCUT2D eigenvalue weighted by Crippen LogP contribution is 2.28. The Kier molecular flexibility index (Phi) is 4.04. The molecule has 3 rings (SSSR count). The van der Waals surface area contributed by atoms with Gasteiger partial charge >= 0.3 is 5.69 Å². The highest BCUT2D eigenvalue weighted by molar-refractivity contribution is 5.27. The maximum Gasteiger partial charge on any atom is 0.351 e. The van der Waals surface area contributed by atoms with Crippen molar-refractivity contribution in [2.75, 3.05) is 12.3 Å². The molecule has 22 heavy (non-hydrogen) atoms. The predicted octanol–water partition coefficient (Wildman–Crippen LogP) is 0.884. The SMILES string of the molecule is Nc1ccn([C@H]2C=C(Cc3ccccc3)[C@@H](CO)O2)c(=O)n1. The number of nitrogens with zero attached hydrogens (tertiary/aromatic N) is 2. The third kappa shape index (κ3) is 2.93. The minimum absolute atomic E-state index is 0.133. The Morgan fingerprint density at radius 2 is 2.05 bits per heavy atom. The molecule has 6 nitrogen and oxygen atoms in total. The van der Waals surface area contributed by atoms with Gasteiger partial charge in [-0.25, -0.2) is 4.79 Å². The lowest BCUT2D eigenvalue weighted by Gasteiger charge is -2.15. The molecule has 1 aliphatic rings. The highest BCUT2D eigenvalue weighted by atomic mass is 16.5. The smallest absolute Gasteiger partial charge is 0.351 e. The molecule has 0 fully saturated rings. The molecule has 0 amide bonds. The van der Waals surface area contributed by atoms with E-state index in [1.165, 1.54) is 4.57 Å². The fourth-order valence-corrected chi connectivity index (χ4v) is 2.52. The third-order valence-electron chi connectivity index (χ3n) is 3.62.